The first kappa shape index (κ1) is 20.4. The molecule has 0 atom stereocenters. The van der Waals surface area contributed by atoms with Crippen LogP contribution in [0.4, 0.5) is 0 Å². The lowest BCUT2D eigenvalue weighted by molar-refractivity contribution is -0.139. The molecular weight excluding hydrogens is 282 g/mol. The van der Waals surface area contributed by atoms with E-state index in [1.807, 2.05) is 0 Å². The number of nitrogens with one attached hydrogen (secondary N) is 3. The lowest BCUT2D eigenvalue weighted by atomic mass is 10.2. The van der Waals surface area contributed by atoms with Gasteiger partial charge in [0, 0.05) is 13.1 Å². The topological polar surface area (TPSA) is 87.3 Å². The zero-order chi connectivity index (χ0) is 16.6. The molecule has 0 aromatic carbocycles. The zero-order valence-electron chi connectivity index (χ0n) is 14.0. The van der Waals surface area contributed by atoms with Crippen LogP contribution in [0.2, 0.25) is 0 Å². The second-order valence-corrected chi connectivity index (χ2v) is 5.41. The average molecular weight is 313 g/mol. The van der Waals surface area contributed by atoms with E-state index in [2.05, 4.69) is 29.8 Å². The minimum atomic E-state index is -0.753. The first-order chi connectivity index (χ1) is 10.6. The quantitative estimate of drug-likeness (QED) is 0.377. The average Bonchev–Trinajstić information content (AvgIpc) is 2.52. The zero-order valence-corrected chi connectivity index (χ0v) is 14.0. The van der Waals surface area contributed by atoms with Crippen LogP contribution in [-0.2, 0) is 14.4 Å². The van der Waals surface area contributed by atoms with Gasteiger partial charge in [0.05, 0.1) is 6.54 Å². The number of amides is 3. The molecule has 0 spiro atoms. The molecule has 0 aromatic heterocycles. The Morgan fingerprint density at radius 3 is 1.68 bits per heavy atom. The van der Waals surface area contributed by atoms with Gasteiger partial charge in [0.25, 0.3) is 0 Å². The molecule has 6 nitrogen and oxygen atoms in total. The van der Waals surface area contributed by atoms with Crippen LogP contribution < -0.4 is 16.0 Å². The lowest BCUT2D eigenvalue weighted by Gasteiger charge is -2.07. The smallest absolute Gasteiger partial charge is 0.309 e. The molecule has 0 radical (unpaired) electrons. The lowest BCUT2D eigenvalue weighted by Crippen LogP contribution is -2.44. The van der Waals surface area contributed by atoms with E-state index in [0.717, 1.165) is 51.4 Å². The molecule has 0 heterocycles. The predicted molar refractivity (Wildman–Crippen MR) is 87.3 cm³/mol. The molecule has 3 amide bonds. The molecule has 128 valence electrons. The fraction of sp³-hybridized carbons (Fsp3) is 0.812. The van der Waals surface area contributed by atoms with Gasteiger partial charge in [0.1, 0.15) is 0 Å². The van der Waals surface area contributed by atoms with Crippen molar-refractivity contribution in [3.63, 3.8) is 0 Å². The Hall–Kier alpha value is -1.59. The molecule has 0 rings (SSSR count). The van der Waals surface area contributed by atoms with Crippen molar-refractivity contribution in [1.29, 1.82) is 0 Å². The largest absolute Gasteiger partial charge is 0.355 e. The van der Waals surface area contributed by atoms with Crippen molar-refractivity contribution in [3.8, 4) is 0 Å². The van der Waals surface area contributed by atoms with Gasteiger partial charge >= 0.3 is 11.8 Å². The molecule has 0 unspecified atom stereocenters. The van der Waals surface area contributed by atoms with Gasteiger partial charge in [-0.3, -0.25) is 14.4 Å². The number of rotatable bonds is 12. The van der Waals surface area contributed by atoms with Crippen molar-refractivity contribution in [2.75, 3.05) is 19.6 Å². The number of carbonyl (C=O) groups is 3. The van der Waals surface area contributed by atoms with E-state index >= 15 is 0 Å². The molecule has 0 aromatic rings. The first-order valence-electron chi connectivity index (χ1n) is 8.44. The minimum absolute atomic E-state index is 0.157. The number of carbonyl (C=O) groups excluding carboxylic acids is 3. The third kappa shape index (κ3) is 12.2. The second kappa shape index (κ2) is 14.4. The summed E-state index contributed by atoms with van der Waals surface area (Å²) in [5.74, 6) is -1.69. The van der Waals surface area contributed by atoms with Crippen LogP contribution in [0.1, 0.15) is 65.2 Å². The van der Waals surface area contributed by atoms with Gasteiger partial charge in [-0.15, -0.1) is 0 Å². The van der Waals surface area contributed by atoms with Crippen LogP contribution in [-0.4, -0.2) is 37.4 Å². The van der Waals surface area contributed by atoms with E-state index in [0.29, 0.717) is 13.1 Å². The van der Waals surface area contributed by atoms with Crippen molar-refractivity contribution in [2.24, 2.45) is 0 Å². The highest BCUT2D eigenvalue weighted by atomic mass is 16.2. The molecule has 0 fully saturated rings. The highest BCUT2D eigenvalue weighted by molar-refractivity contribution is 6.35. The molecule has 3 N–H and O–H groups in total. The van der Waals surface area contributed by atoms with Crippen LogP contribution >= 0.6 is 0 Å². The van der Waals surface area contributed by atoms with E-state index in [1.54, 1.807) is 0 Å². The van der Waals surface area contributed by atoms with Crippen molar-refractivity contribution in [2.45, 2.75) is 65.2 Å². The van der Waals surface area contributed by atoms with Gasteiger partial charge in [-0.05, 0) is 12.8 Å². The Morgan fingerprint density at radius 1 is 0.636 bits per heavy atom. The molecule has 0 saturated heterocycles. The van der Waals surface area contributed by atoms with E-state index in [9.17, 15) is 14.4 Å². The normalized spacial score (nSPS) is 10.1. The molecule has 0 bridgehead atoms. The first-order valence-corrected chi connectivity index (χ1v) is 8.44. The summed E-state index contributed by atoms with van der Waals surface area (Å²) in [6, 6.07) is 0. The maximum absolute atomic E-state index is 11.5. The van der Waals surface area contributed by atoms with Crippen LogP contribution in [0, 0.1) is 0 Å². The van der Waals surface area contributed by atoms with Gasteiger partial charge in [-0.25, -0.2) is 0 Å². The van der Waals surface area contributed by atoms with Crippen LogP contribution in [0.15, 0.2) is 0 Å². The highest BCUT2D eigenvalue weighted by Gasteiger charge is 2.13. The molecule has 6 heteroatoms. The maximum Gasteiger partial charge on any atom is 0.309 e. The SMILES string of the molecule is CCCCCCNC(=O)CNC(=O)C(=O)NCCCCCC. The molecule has 0 aliphatic heterocycles. The van der Waals surface area contributed by atoms with Gasteiger partial charge in [-0.1, -0.05) is 52.4 Å². The fourth-order valence-electron chi connectivity index (χ4n) is 1.92. The summed E-state index contributed by atoms with van der Waals surface area (Å²) in [7, 11) is 0. The molecule has 0 aliphatic rings. The highest BCUT2D eigenvalue weighted by Crippen LogP contribution is 1.97. The fourth-order valence-corrected chi connectivity index (χ4v) is 1.92. The summed E-state index contributed by atoms with van der Waals surface area (Å²) in [6.07, 6.45) is 8.49. The maximum atomic E-state index is 11.5. The number of hydrogen-bond donors (Lipinski definition) is 3. The van der Waals surface area contributed by atoms with Crippen molar-refractivity contribution in [1.82, 2.24) is 16.0 Å². The molecule has 0 aliphatic carbocycles. The summed E-state index contributed by atoms with van der Waals surface area (Å²) in [5, 5.41) is 7.59. The summed E-state index contributed by atoms with van der Waals surface area (Å²) in [4.78, 5) is 34.4. The second-order valence-electron chi connectivity index (χ2n) is 5.41. The molecule has 22 heavy (non-hydrogen) atoms. The summed E-state index contributed by atoms with van der Waals surface area (Å²) >= 11 is 0. The third-order valence-electron chi connectivity index (χ3n) is 3.28. The Kier molecular flexibility index (Phi) is 13.3. The van der Waals surface area contributed by atoms with Gasteiger partial charge in [-0.2, -0.15) is 0 Å². The standard InChI is InChI=1S/C16H31N3O3/c1-3-5-7-9-11-17-14(20)13-19-16(22)15(21)18-12-10-8-6-4-2/h3-13H2,1-2H3,(H,17,20)(H,18,21)(H,19,22). The van der Waals surface area contributed by atoms with Gasteiger partial charge in [0.2, 0.25) is 5.91 Å². The number of unbranched alkanes of at least 4 members (excludes halogenated alkanes) is 6. The van der Waals surface area contributed by atoms with Crippen molar-refractivity contribution >= 4 is 17.7 Å². The summed E-state index contributed by atoms with van der Waals surface area (Å²) < 4.78 is 0. The van der Waals surface area contributed by atoms with Gasteiger partial charge < -0.3 is 16.0 Å². The Labute approximate surface area is 133 Å². The predicted octanol–water partition coefficient (Wildman–Crippen LogP) is 1.50. The summed E-state index contributed by atoms with van der Waals surface area (Å²) in [5.41, 5.74) is 0. The van der Waals surface area contributed by atoms with Crippen LogP contribution in [0.3, 0.4) is 0 Å². The molecular formula is C16H31N3O3. The Balaban J connectivity index is 3.60. The van der Waals surface area contributed by atoms with Crippen molar-refractivity contribution in [3.05, 3.63) is 0 Å². The van der Waals surface area contributed by atoms with Crippen molar-refractivity contribution < 1.29 is 14.4 Å². The summed E-state index contributed by atoms with van der Waals surface area (Å²) in [6.45, 7) is 5.19. The van der Waals surface area contributed by atoms with Crippen LogP contribution in [0.5, 0.6) is 0 Å². The molecule has 0 saturated carbocycles. The van der Waals surface area contributed by atoms with Gasteiger partial charge in [0.15, 0.2) is 0 Å². The monoisotopic (exact) mass is 313 g/mol. The Bertz CT molecular complexity index is 333. The van der Waals surface area contributed by atoms with E-state index < -0.39 is 11.8 Å². The Morgan fingerprint density at radius 2 is 1.14 bits per heavy atom. The third-order valence-corrected chi connectivity index (χ3v) is 3.28. The van der Waals surface area contributed by atoms with E-state index in [1.165, 1.54) is 0 Å². The van der Waals surface area contributed by atoms with Crippen LogP contribution in [0.25, 0.3) is 0 Å². The minimum Gasteiger partial charge on any atom is -0.355 e. The van der Waals surface area contributed by atoms with E-state index in [4.69, 9.17) is 0 Å². The number of hydrogen-bond acceptors (Lipinski definition) is 3. The van der Waals surface area contributed by atoms with E-state index in [-0.39, 0.29) is 12.5 Å².